The number of anilines is 1. The molecule has 0 saturated heterocycles. The predicted molar refractivity (Wildman–Crippen MR) is 128 cm³/mol. The molecule has 33 heavy (non-hydrogen) atoms. The SMILES string of the molecule is CCCCCCCCN1C(=O)C(c2ccc([N+](=O)[O-])cc2)=C(N2CCc3ccccc32)C1=O. The number of nitrogens with zero attached hydrogens (tertiary/aromatic N) is 3. The zero-order valence-corrected chi connectivity index (χ0v) is 19.0. The van der Waals surface area contributed by atoms with Crippen LogP contribution >= 0.6 is 0 Å². The second-order valence-corrected chi connectivity index (χ2v) is 8.59. The summed E-state index contributed by atoms with van der Waals surface area (Å²) >= 11 is 0. The number of imide groups is 1. The fourth-order valence-electron chi connectivity index (χ4n) is 4.65. The molecule has 2 aliphatic heterocycles. The highest BCUT2D eigenvalue weighted by Gasteiger charge is 2.43. The molecule has 0 saturated carbocycles. The van der Waals surface area contributed by atoms with E-state index >= 15 is 0 Å². The summed E-state index contributed by atoms with van der Waals surface area (Å²) in [6.45, 7) is 3.18. The van der Waals surface area contributed by atoms with E-state index in [9.17, 15) is 19.7 Å². The number of nitro groups is 1. The van der Waals surface area contributed by atoms with Crippen LogP contribution < -0.4 is 4.90 Å². The van der Waals surface area contributed by atoms with Gasteiger partial charge in [-0.3, -0.25) is 24.6 Å². The maximum absolute atomic E-state index is 13.5. The molecular formula is C26H29N3O4. The minimum absolute atomic E-state index is 0.0480. The van der Waals surface area contributed by atoms with E-state index in [-0.39, 0.29) is 17.5 Å². The lowest BCUT2D eigenvalue weighted by molar-refractivity contribution is -0.384. The first kappa shape index (κ1) is 22.7. The highest BCUT2D eigenvalue weighted by Crippen LogP contribution is 2.38. The van der Waals surface area contributed by atoms with Crippen molar-refractivity contribution in [2.45, 2.75) is 51.9 Å². The van der Waals surface area contributed by atoms with E-state index in [0.717, 1.165) is 36.9 Å². The Morgan fingerprint density at radius 2 is 1.61 bits per heavy atom. The normalized spacial score (nSPS) is 15.5. The van der Waals surface area contributed by atoms with E-state index in [4.69, 9.17) is 0 Å². The van der Waals surface area contributed by atoms with E-state index in [1.807, 2.05) is 29.2 Å². The van der Waals surface area contributed by atoms with Crippen LogP contribution in [0.2, 0.25) is 0 Å². The monoisotopic (exact) mass is 447 g/mol. The molecule has 2 heterocycles. The van der Waals surface area contributed by atoms with Gasteiger partial charge in [0.05, 0.1) is 10.5 Å². The van der Waals surface area contributed by atoms with Crippen molar-refractivity contribution in [3.63, 3.8) is 0 Å². The fourth-order valence-corrected chi connectivity index (χ4v) is 4.65. The van der Waals surface area contributed by atoms with Crippen LogP contribution in [0.25, 0.3) is 5.57 Å². The molecule has 0 fully saturated rings. The molecule has 0 bridgehead atoms. The molecule has 0 unspecified atom stereocenters. The summed E-state index contributed by atoms with van der Waals surface area (Å²) in [4.78, 5) is 40.9. The first-order chi connectivity index (χ1) is 16.0. The molecule has 172 valence electrons. The Kier molecular flexibility index (Phi) is 6.87. The highest BCUT2D eigenvalue weighted by atomic mass is 16.6. The molecule has 0 radical (unpaired) electrons. The van der Waals surface area contributed by atoms with Gasteiger partial charge in [0.2, 0.25) is 0 Å². The lowest BCUT2D eigenvalue weighted by atomic mass is 10.0. The Morgan fingerprint density at radius 1 is 0.909 bits per heavy atom. The second kappa shape index (κ2) is 9.98. The van der Waals surface area contributed by atoms with Gasteiger partial charge in [0.25, 0.3) is 17.5 Å². The van der Waals surface area contributed by atoms with Gasteiger partial charge in [-0.1, -0.05) is 57.2 Å². The molecule has 7 nitrogen and oxygen atoms in total. The van der Waals surface area contributed by atoms with Crippen LogP contribution in [0.5, 0.6) is 0 Å². The highest BCUT2D eigenvalue weighted by molar-refractivity contribution is 6.36. The number of rotatable bonds is 10. The average molecular weight is 448 g/mol. The Hall–Kier alpha value is -3.48. The third-order valence-corrected chi connectivity index (χ3v) is 6.40. The van der Waals surface area contributed by atoms with Gasteiger partial charge in [0.15, 0.2) is 0 Å². The standard InChI is InChI=1S/C26H29N3O4/c1-2-3-4-5-6-9-17-28-25(30)23(20-12-14-21(15-13-20)29(32)33)24(26(28)31)27-18-16-19-10-7-8-11-22(19)27/h7-8,10-15H,2-6,9,16-18H2,1H3. The minimum atomic E-state index is -0.470. The topological polar surface area (TPSA) is 83.8 Å². The fraction of sp³-hybridized carbons (Fsp3) is 0.385. The molecule has 2 aromatic rings. The predicted octanol–water partition coefficient (Wildman–Crippen LogP) is 5.10. The van der Waals surface area contributed by atoms with Gasteiger partial charge in [-0.15, -0.1) is 0 Å². The molecule has 0 atom stereocenters. The van der Waals surface area contributed by atoms with Crippen LogP contribution in [0.4, 0.5) is 11.4 Å². The molecule has 4 rings (SSSR count). The van der Waals surface area contributed by atoms with Gasteiger partial charge in [0.1, 0.15) is 5.70 Å². The largest absolute Gasteiger partial charge is 0.336 e. The van der Waals surface area contributed by atoms with Crippen LogP contribution in [0, 0.1) is 10.1 Å². The Labute approximate surface area is 193 Å². The van der Waals surface area contributed by atoms with E-state index < -0.39 is 4.92 Å². The van der Waals surface area contributed by atoms with Crippen LogP contribution in [0.3, 0.4) is 0 Å². The number of unbranched alkanes of at least 4 members (excludes halogenated alkanes) is 5. The van der Waals surface area contributed by atoms with E-state index in [1.165, 1.54) is 36.3 Å². The number of non-ortho nitro benzene ring substituents is 1. The maximum atomic E-state index is 13.5. The average Bonchev–Trinajstić information content (AvgIpc) is 3.35. The third-order valence-electron chi connectivity index (χ3n) is 6.40. The molecule has 0 aliphatic carbocycles. The van der Waals surface area contributed by atoms with Crippen molar-refractivity contribution in [2.24, 2.45) is 0 Å². The molecule has 0 aromatic heterocycles. The van der Waals surface area contributed by atoms with Gasteiger partial charge in [-0.25, -0.2) is 0 Å². The van der Waals surface area contributed by atoms with Gasteiger partial charge in [-0.2, -0.15) is 0 Å². The summed E-state index contributed by atoms with van der Waals surface area (Å²) < 4.78 is 0. The number of amides is 2. The first-order valence-electron chi connectivity index (χ1n) is 11.7. The van der Waals surface area contributed by atoms with Crippen molar-refractivity contribution in [3.8, 4) is 0 Å². The van der Waals surface area contributed by atoms with Crippen molar-refractivity contribution in [1.82, 2.24) is 4.90 Å². The van der Waals surface area contributed by atoms with Gasteiger partial charge >= 0.3 is 0 Å². The number of hydrogen-bond acceptors (Lipinski definition) is 5. The van der Waals surface area contributed by atoms with Crippen molar-refractivity contribution in [1.29, 1.82) is 0 Å². The minimum Gasteiger partial charge on any atom is -0.336 e. The smallest absolute Gasteiger partial charge is 0.278 e. The molecular weight excluding hydrogens is 418 g/mol. The van der Waals surface area contributed by atoms with E-state index in [1.54, 1.807) is 12.1 Å². The zero-order valence-electron chi connectivity index (χ0n) is 19.0. The van der Waals surface area contributed by atoms with Gasteiger partial charge < -0.3 is 4.90 Å². The van der Waals surface area contributed by atoms with Crippen LogP contribution in [0.1, 0.15) is 56.6 Å². The van der Waals surface area contributed by atoms with Crippen LogP contribution in [0.15, 0.2) is 54.2 Å². The number of carbonyl (C=O) groups excluding carboxylic acids is 2. The third kappa shape index (κ3) is 4.53. The Bertz CT molecular complexity index is 1090. The van der Waals surface area contributed by atoms with Crippen LogP contribution in [-0.4, -0.2) is 34.7 Å². The number of benzene rings is 2. The van der Waals surface area contributed by atoms with E-state index in [2.05, 4.69) is 6.92 Å². The molecule has 0 spiro atoms. The van der Waals surface area contributed by atoms with Gasteiger partial charge in [0, 0.05) is 30.9 Å². The van der Waals surface area contributed by atoms with Crippen molar-refractivity contribution < 1.29 is 14.5 Å². The molecule has 0 N–H and O–H groups in total. The molecule has 2 aliphatic rings. The van der Waals surface area contributed by atoms with Crippen molar-refractivity contribution >= 4 is 28.8 Å². The van der Waals surface area contributed by atoms with Crippen LogP contribution in [-0.2, 0) is 16.0 Å². The summed E-state index contributed by atoms with van der Waals surface area (Å²) in [6, 6.07) is 13.8. The molecule has 2 aromatic carbocycles. The Morgan fingerprint density at radius 3 is 2.33 bits per heavy atom. The number of nitro benzene ring substituents is 1. The second-order valence-electron chi connectivity index (χ2n) is 8.59. The molecule has 7 heteroatoms. The van der Waals surface area contributed by atoms with Crippen molar-refractivity contribution in [2.75, 3.05) is 18.0 Å². The van der Waals surface area contributed by atoms with Crippen molar-refractivity contribution in [3.05, 3.63) is 75.5 Å². The molecule has 2 amide bonds. The summed E-state index contributed by atoms with van der Waals surface area (Å²) in [5, 5.41) is 11.1. The first-order valence-corrected chi connectivity index (χ1v) is 11.7. The number of para-hydroxylation sites is 1. The Balaban J connectivity index is 1.64. The summed E-state index contributed by atoms with van der Waals surface area (Å²) in [7, 11) is 0. The quantitative estimate of drug-likeness (QED) is 0.219. The summed E-state index contributed by atoms with van der Waals surface area (Å²) in [6.07, 6.45) is 7.19. The van der Waals surface area contributed by atoms with Gasteiger partial charge in [-0.05, 0) is 42.2 Å². The number of fused-ring (bicyclic) bond motifs is 1. The lowest BCUT2D eigenvalue weighted by Gasteiger charge is -2.21. The maximum Gasteiger partial charge on any atom is 0.278 e. The summed E-state index contributed by atoms with van der Waals surface area (Å²) in [5.74, 6) is -0.597. The zero-order chi connectivity index (χ0) is 23.4. The number of carbonyl (C=O) groups is 2. The lowest BCUT2D eigenvalue weighted by Crippen LogP contribution is -2.35. The summed E-state index contributed by atoms with van der Waals surface area (Å²) in [5.41, 5.74) is 3.27. The number of hydrogen-bond donors (Lipinski definition) is 0. The van der Waals surface area contributed by atoms with E-state index in [0.29, 0.717) is 29.9 Å².